The van der Waals surface area contributed by atoms with Crippen LogP contribution in [0.2, 0.25) is 0 Å². The van der Waals surface area contributed by atoms with Gasteiger partial charge in [-0.25, -0.2) is 0 Å². The van der Waals surface area contributed by atoms with E-state index >= 15 is 0 Å². The summed E-state index contributed by atoms with van der Waals surface area (Å²) in [5.74, 6) is 0. The van der Waals surface area contributed by atoms with Gasteiger partial charge in [-0.15, -0.1) is 11.3 Å². The molecule has 2 N–H and O–H groups in total. The Bertz CT molecular complexity index is 655. The molecule has 3 rings (SSSR count). The second kappa shape index (κ2) is 2.94. The van der Waals surface area contributed by atoms with E-state index in [1.807, 2.05) is 17.6 Å². The molecule has 3 heteroatoms. The lowest BCUT2D eigenvalue weighted by Crippen LogP contribution is -1.84. The van der Waals surface area contributed by atoms with Gasteiger partial charge in [0.1, 0.15) is 0 Å². The summed E-state index contributed by atoms with van der Waals surface area (Å²) in [6.45, 7) is 2.10. The van der Waals surface area contributed by atoms with Gasteiger partial charge in [0.05, 0.1) is 11.2 Å². The molecule has 0 aliphatic carbocycles. The molecule has 2 aromatic heterocycles. The van der Waals surface area contributed by atoms with E-state index < -0.39 is 0 Å². The molecule has 0 saturated heterocycles. The molecule has 0 amide bonds. The zero-order chi connectivity index (χ0) is 10.4. The van der Waals surface area contributed by atoms with Gasteiger partial charge in [-0.2, -0.15) is 0 Å². The predicted molar refractivity (Wildman–Crippen MR) is 66.3 cm³/mol. The van der Waals surface area contributed by atoms with Crippen LogP contribution >= 0.6 is 11.3 Å². The number of fused-ring (bicyclic) bond motifs is 2. The van der Waals surface area contributed by atoms with Crippen molar-refractivity contribution in [3.63, 3.8) is 0 Å². The maximum Gasteiger partial charge on any atom is 0.0712 e. The molecule has 2 nitrogen and oxygen atoms in total. The highest BCUT2D eigenvalue weighted by atomic mass is 32.1. The van der Waals surface area contributed by atoms with Crippen LogP contribution in [-0.2, 0) is 0 Å². The highest BCUT2D eigenvalue weighted by molar-refractivity contribution is 7.17. The number of pyridine rings is 1. The van der Waals surface area contributed by atoms with Crippen LogP contribution < -0.4 is 5.73 Å². The second-order valence-electron chi connectivity index (χ2n) is 3.68. The monoisotopic (exact) mass is 214 g/mol. The number of hydrogen-bond donors (Lipinski definition) is 1. The summed E-state index contributed by atoms with van der Waals surface area (Å²) < 4.78 is 1.23. The number of benzene rings is 1. The van der Waals surface area contributed by atoms with Gasteiger partial charge in [-0.05, 0) is 30.7 Å². The summed E-state index contributed by atoms with van der Waals surface area (Å²) in [5.41, 5.74) is 9.01. The van der Waals surface area contributed by atoms with Gasteiger partial charge in [-0.3, -0.25) is 4.98 Å². The van der Waals surface area contributed by atoms with E-state index in [1.54, 1.807) is 11.3 Å². The Hall–Kier alpha value is -1.61. The summed E-state index contributed by atoms with van der Waals surface area (Å²) in [6.07, 6.45) is 1.84. The quantitative estimate of drug-likeness (QED) is 0.623. The molecule has 3 aromatic rings. The molecule has 2 heterocycles. The van der Waals surface area contributed by atoms with Gasteiger partial charge < -0.3 is 5.73 Å². The van der Waals surface area contributed by atoms with Crippen molar-refractivity contribution < 1.29 is 0 Å². The molecule has 0 spiro atoms. The number of aromatic nitrogens is 1. The van der Waals surface area contributed by atoms with Crippen molar-refractivity contribution in [2.45, 2.75) is 6.92 Å². The van der Waals surface area contributed by atoms with E-state index in [1.165, 1.54) is 15.6 Å². The Balaban J connectivity index is 2.55. The van der Waals surface area contributed by atoms with Crippen molar-refractivity contribution in [3.8, 4) is 0 Å². The molecule has 1 aromatic carbocycles. The topological polar surface area (TPSA) is 38.9 Å². The molecule has 0 aliphatic rings. The largest absolute Gasteiger partial charge is 0.398 e. The first-order valence-electron chi connectivity index (χ1n) is 4.78. The van der Waals surface area contributed by atoms with Crippen molar-refractivity contribution in [2.75, 3.05) is 5.73 Å². The van der Waals surface area contributed by atoms with Crippen molar-refractivity contribution in [2.24, 2.45) is 0 Å². The minimum absolute atomic E-state index is 0.847. The van der Waals surface area contributed by atoms with E-state index in [0.717, 1.165) is 16.6 Å². The first-order chi connectivity index (χ1) is 7.25. The highest BCUT2D eigenvalue weighted by Gasteiger charge is 2.04. The normalized spacial score (nSPS) is 11.3. The smallest absolute Gasteiger partial charge is 0.0712 e. The fraction of sp³-hybridized carbons (Fsp3) is 0.0833. The van der Waals surface area contributed by atoms with Gasteiger partial charge in [0.2, 0.25) is 0 Å². The van der Waals surface area contributed by atoms with E-state index in [2.05, 4.69) is 24.0 Å². The van der Waals surface area contributed by atoms with Crippen LogP contribution in [0.5, 0.6) is 0 Å². The third kappa shape index (κ3) is 1.20. The molecule has 74 valence electrons. The predicted octanol–water partition coefficient (Wildman–Crippen LogP) is 3.34. The molecule has 0 fully saturated rings. The molecule has 0 aliphatic heterocycles. The minimum Gasteiger partial charge on any atom is -0.398 e. The van der Waals surface area contributed by atoms with Gasteiger partial charge in [0, 0.05) is 27.0 Å². The van der Waals surface area contributed by atoms with Gasteiger partial charge in [0.25, 0.3) is 0 Å². The first kappa shape index (κ1) is 8.68. The molecular weight excluding hydrogens is 204 g/mol. The zero-order valence-corrected chi connectivity index (χ0v) is 9.14. The van der Waals surface area contributed by atoms with Gasteiger partial charge in [-0.1, -0.05) is 0 Å². The number of hydrogen-bond acceptors (Lipinski definition) is 3. The van der Waals surface area contributed by atoms with E-state index in [9.17, 15) is 0 Å². The zero-order valence-electron chi connectivity index (χ0n) is 8.32. The Morgan fingerprint density at radius 1 is 1.27 bits per heavy atom. The lowest BCUT2D eigenvalue weighted by Gasteiger charge is -2.01. The number of nitrogen functional groups attached to an aromatic ring is 1. The van der Waals surface area contributed by atoms with E-state index in [-0.39, 0.29) is 0 Å². The van der Waals surface area contributed by atoms with Crippen molar-refractivity contribution in [3.05, 3.63) is 35.3 Å². The standard InChI is InChI=1S/C12H10N2S/c1-7-2-3-14-11-4-9-10(13)6-15-12(9)5-8(7)11/h2-6H,13H2,1H3. The van der Waals surface area contributed by atoms with Crippen molar-refractivity contribution in [1.29, 1.82) is 0 Å². The molecule has 0 atom stereocenters. The number of thiophene rings is 1. The lowest BCUT2D eigenvalue weighted by molar-refractivity contribution is 1.38. The Morgan fingerprint density at radius 3 is 3.00 bits per heavy atom. The summed E-state index contributed by atoms with van der Waals surface area (Å²) in [5, 5.41) is 4.32. The van der Waals surface area contributed by atoms with Gasteiger partial charge in [0.15, 0.2) is 0 Å². The Morgan fingerprint density at radius 2 is 2.13 bits per heavy atom. The SMILES string of the molecule is Cc1ccnc2cc3c(N)csc3cc12. The van der Waals surface area contributed by atoms with Gasteiger partial charge >= 0.3 is 0 Å². The summed E-state index contributed by atoms with van der Waals surface area (Å²) >= 11 is 1.68. The molecular formula is C12H10N2S. The van der Waals surface area contributed by atoms with Crippen LogP contribution in [0.15, 0.2) is 29.8 Å². The van der Waals surface area contributed by atoms with Crippen LogP contribution in [0.3, 0.4) is 0 Å². The summed E-state index contributed by atoms with van der Waals surface area (Å²) in [7, 11) is 0. The molecule has 0 unspecified atom stereocenters. The minimum atomic E-state index is 0.847. The third-order valence-corrected chi connectivity index (χ3v) is 3.65. The molecule has 0 radical (unpaired) electrons. The van der Waals surface area contributed by atoms with Crippen LogP contribution in [0.4, 0.5) is 5.69 Å². The number of anilines is 1. The highest BCUT2D eigenvalue weighted by Crippen LogP contribution is 2.32. The molecule has 0 saturated carbocycles. The average molecular weight is 214 g/mol. The lowest BCUT2D eigenvalue weighted by atomic mass is 10.1. The Kier molecular flexibility index (Phi) is 1.70. The fourth-order valence-electron chi connectivity index (χ4n) is 1.82. The number of rotatable bonds is 0. The average Bonchev–Trinajstić information content (AvgIpc) is 2.59. The van der Waals surface area contributed by atoms with Crippen LogP contribution in [-0.4, -0.2) is 4.98 Å². The maximum atomic E-state index is 5.89. The second-order valence-corrected chi connectivity index (χ2v) is 4.60. The molecule has 0 bridgehead atoms. The van der Waals surface area contributed by atoms with E-state index in [4.69, 9.17) is 5.73 Å². The number of nitrogens with two attached hydrogens (primary N) is 1. The van der Waals surface area contributed by atoms with E-state index in [0.29, 0.717) is 0 Å². The summed E-state index contributed by atoms with van der Waals surface area (Å²) in [6, 6.07) is 6.28. The van der Waals surface area contributed by atoms with Crippen LogP contribution in [0.25, 0.3) is 21.0 Å². The summed E-state index contributed by atoms with van der Waals surface area (Å²) in [4.78, 5) is 4.36. The number of aryl methyl sites for hydroxylation is 1. The maximum absolute atomic E-state index is 5.89. The molecule has 15 heavy (non-hydrogen) atoms. The fourth-order valence-corrected chi connectivity index (χ4v) is 2.69. The van der Waals surface area contributed by atoms with Crippen LogP contribution in [0, 0.1) is 6.92 Å². The third-order valence-electron chi connectivity index (χ3n) is 2.68. The Labute approximate surface area is 91.4 Å². The van der Waals surface area contributed by atoms with Crippen molar-refractivity contribution in [1.82, 2.24) is 4.98 Å². The first-order valence-corrected chi connectivity index (χ1v) is 5.66. The van der Waals surface area contributed by atoms with Crippen LogP contribution in [0.1, 0.15) is 5.56 Å². The number of nitrogens with zero attached hydrogens (tertiary/aromatic N) is 1. The van der Waals surface area contributed by atoms with Crippen molar-refractivity contribution >= 4 is 38.0 Å².